The average Bonchev–Trinajstić information content (AvgIpc) is 2.83. The van der Waals surface area contributed by atoms with Crippen molar-refractivity contribution in [2.75, 3.05) is 6.54 Å². The second kappa shape index (κ2) is 10.1. The number of nitrogens with zero attached hydrogens (tertiary/aromatic N) is 3. The zero-order chi connectivity index (χ0) is 25.1. The third-order valence-corrected chi connectivity index (χ3v) is 5.97. The van der Waals surface area contributed by atoms with Crippen LogP contribution in [0, 0.1) is 0 Å². The van der Waals surface area contributed by atoms with Gasteiger partial charge in [0.2, 0.25) is 11.2 Å². The van der Waals surface area contributed by atoms with E-state index in [0.717, 1.165) is 17.3 Å². The van der Waals surface area contributed by atoms with Crippen LogP contribution < -0.4 is 10.2 Å². The number of hydrogen-bond acceptors (Lipinski definition) is 6. The van der Waals surface area contributed by atoms with Crippen LogP contribution in [0.25, 0.3) is 0 Å². The number of aromatic nitrogens is 2. The molecular formula is C27H29N3O5. The van der Waals surface area contributed by atoms with Gasteiger partial charge < -0.3 is 14.4 Å². The molecule has 3 aromatic rings. The number of benzene rings is 2. The largest absolute Gasteiger partial charge is 0.514 e. The maximum absolute atomic E-state index is 13.6. The molecule has 0 fully saturated rings. The summed E-state index contributed by atoms with van der Waals surface area (Å²) >= 11 is 0. The van der Waals surface area contributed by atoms with E-state index >= 15 is 0 Å². The number of fused-ring (bicyclic) bond motifs is 1. The summed E-state index contributed by atoms with van der Waals surface area (Å²) < 4.78 is 11.9. The van der Waals surface area contributed by atoms with E-state index in [1.807, 2.05) is 74.5 Å². The minimum Gasteiger partial charge on any atom is -0.431 e. The smallest absolute Gasteiger partial charge is 0.431 e. The van der Waals surface area contributed by atoms with Crippen molar-refractivity contribution < 1.29 is 19.1 Å². The molecule has 0 radical (unpaired) electrons. The molecule has 0 N–H and O–H groups in total. The molecule has 0 saturated carbocycles. The Kier molecular flexibility index (Phi) is 7.00. The second-order valence-electron chi connectivity index (χ2n) is 9.07. The van der Waals surface area contributed by atoms with Crippen LogP contribution in [-0.2, 0) is 4.74 Å². The van der Waals surface area contributed by atoms with Gasteiger partial charge in [-0.2, -0.15) is 5.10 Å². The fraction of sp³-hybridized carbons (Fsp3) is 0.333. The lowest BCUT2D eigenvalue weighted by Crippen LogP contribution is -2.50. The van der Waals surface area contributed by atoms with E-state index in [1.165, 1.54) is 4.68 Å². The van der Waals surface area contributed by atoms with Crippen molar-refractivity contribution in [1.29, 1.82) is 0 Å². The van der Waals surface area contributed by atoms with Crippen LogP contribution in [-0.4, -0.2) is 45.4 Å². The molecule has 0 unspecified atom stereocenters. The first-order chi connectivity index (χ1) is 16.8. The lowest BCUT2D eigenvalue weighted by Gasteiger charge is -2.41. The fourth-order valence-electron chi connectivity index (χ4n) is 4.44. The Morgan fingerprint density at radius 1 is 0.943 bits per heavy atom. The number of amides is 1. The Bertz CT molecular complexity index is 1220. The third-order valence-electron chi connectivity index (χ3n) is 5.97. The first-order valence-electron chi connectivity index (χ1n) is 11.7. The standard InChI is InChI=1S/C27H29N3O5/c1-17(2)29-16-21(23(19-11-7-5-8-12-19)20-13-9-6-10-14-20)30-24(26(29)32)25(22(31)15-28-30)35-27(33)34-18(3)4/h5-15,17-18,21,23H,16H2,1-4H3/t21-/m1/s1. The molecule has 4 rings (SSSR count). The molecule has 1 aliphatic heterocycles. The number of carbonyl (C=O) groups excluding carboxylic acids is 2. The summed E-state index contributed by atoms with van der Waals surface area (Å²) in [5.74, 6) is -0.976. The summed E-state index contributed by atoms with van der Waals surface area (Å²) in [6.45, 7) is 7.52. The van der Waals surface area contributed by atoms with Gasteiger partial charge in [-0.15, -0.1) is 0 Å². The molecule has 1 aliphatic rings. The van der Waals surface area contributed by atoms with Crippen LogP contribution in [0.5, 0.6) is 5.75 Å². The summed E-state index contributed by atoms with van der Waals surface area (Å²) in [7, 11) is 0. The quantitative estimate of drug-likeness (QED) is 0.491. The molecule has 35 heavy (non-hydrogen) atoms. The predicted molar refractivity (Wildman–Crippen MR) is 131 cm³/mol. The maximum Gasteiger partial charge on any atom is 0.514 e. The molecule has 0 spiro atoms. The van der Waals surface area contributed by atoms with Gasteiger partial charge in [0.25, 0.3) is 5.91 Å². The van der Waals surface area contributed by atoms with Crippen LogP contribution >= 0.6 is 0 Å². The highest BCUT2D eigenvalue weighted by Gasteiger charge is 2.41. The van der Waals surface area contributed by atoms with E-state index in [0.29, 0.717) is 6.54 Å². The first-order valence-corrected chi connectivity index (χ1v) is 11.7. The van der Waals surface area contributed by atoms with Gasteiger partial charge in [-0.1, -0.05) is 60.7 Å². The molecule has 2 heterocycles. The molecule has 1 aromatic heterocycles. The van der Waals surface area contributed by atoms with Gasteiger partial charge in [0.1, 0.15) is 0 Å². The van der Waals surface area contributed by atoms with E-state index < -0.39 is 23.6 Å². The van der Waals surface area contributed by atoms with Crippen LogP contribution in [0.1, 0.15) is 61.3 Å². The zero-order valence-electron chi connectivity index (χ0n) is 20.3. The highest BCUT2D eigenvalue weighted by Crippen LogP contribution is 2.39. The monoisotopic (exact) mass is 475 g/mol. The van der Waals surface area contributed by atoms with Crippen molar-refractivity contribution in [1.82, 2.24) is 14.7 Å². The van der Waals surface area contributed by atoms with E-state index in [-0.39, 0.29) is 29.4 Å². The number of rotatable bonds is 6. The molecule has 1 amide bonds. The first kappa shape index (κ1) is 24.2. The Labute approximate surface area is 204 Å². The Morgan fingerprint density at radius 3 is 2.03 bits per heavy atom. The van der Waals surface area contributed by atoms with Crippen molar-refractivity contribution in [3.05, 3.63) is 93.9 Å². The molecule has 1 atom stereocenters. The maximum atomic E-state index is 13.6. The molecular weight excluding hydrogens is 446 g/mol. The molecule has 182 valence electrons. The Morgan fingerprint density at radius 2 is 1.51 bits per heavy atom. The van der Waals surface area contributed by atoms with Gasteiger partial charge in [0.05, 0.1) is 18.3 Å². The summed E-state index contributed by atoms with van der Waals surface area (Å²) in [5, 5.41) is 4.37. The van der Waals surface area contributed by atoms with E-state index in [1.54, 1.807) is 18.7 Å². The Balaban J connectivity index is 1.92. The van der Waals surface area contributed by atoms with Gasteiger partial charge in [-0.05, 0) is 38.8 Å². The fourth-order valence-corrected chi connectivity index (χ4v) is 4.44. The van der Waals surface area contributed by atoms with Crippen molar-refractivity contribution in [3.8, 4) is 5.75 Å². The summed E-state index contributed by atoms with van der Waals surface area (Å²) in [6.07, 6.45) is -0.404. The molecule has 0 aliphatic carbocycles. The molecule has 0 saturated heterocycles. The van der Waals surface area contributed by atoms with Crippen molar-refractivity contribution in [2.24, 2.45) is 0 Å². The van der Waals surface area contributed by atoms with Crippen LogP contribution in [0.3, 0.4) is 0 Å². The molecule has 0 bridgehead atoms. The third kappa shape index (κ3) is 4.96. The number of hydrogen-bond donors (Lipinski definition) is 0. The Hall–Kier alpha value is -3.94. The van der Waals surface area contributed by atoms with Gasteiger partial charge in [0, 0.05) is 18.5 Å². The van der Waals surface area contributed by atoms with E-state index in [2.05, 4.69) is 5.10 Å². The minimum atomic E-state index is -1.04. The minimum absolute atomic E-state index is 0.0555. The molecule has 8 nitrogen and oxygen atoms in total. The van der Waals surface area contributed by atoms with E-state index in [9.17, 15) is 14.4 Å². The van der Waals surface area contributed by atoms with Crippen molar-refractivity contribution >= 4 is 12.1 Å². The summed E-state index contributed by atoms with van der Waals surface area (Å²) in [4.78, 5) is 40.3. The highest BCUT2D eigenvalue weighted by molar-refractivity contribution is 5.96. The van der Waals surface area contributed by atoms with Gasteiger partial charge in [-0.25, -0.2) is 4.79 Å². The van der Waals surface area contributed by atoms with Crippen LogP contribution in [0.15, 0.2) is 71.7 Å². The van der Waals surface area contributed by atoms with E-state index in [4.69, 9.17) is 9.47 Å². The van der Waals surface area contributed by atoms with Crippen LogP contribution in [0.2, 0.25) is 0 Å². The predicted octanol–water partition coefficient (Wildman–Crippen LogP) is 4.40. The van der Waals surface area contributed by atoms with Gasteiger partial charge in [0.15, 0.2) is 5.69 Å². The second-order valence-corrected chi connectivity index (χ2v) is 9.07. The van der Waals surface area contributed by atoms with Gasteiger partial charge >= 0.3 is 6.16 Å². The molecule has 2 aromatic carbocycles. The lowest BCUT2D eigenvalue weighted by atomic mass is 9.83. The normalized spacial score (nSPS) is 15.5. The highest BCUT2D eigenvalue weighted by atomic mass is 16.7. The SMILES string of the molecule is CC(C)OC(=O)Oc1c2n(ncc1=O)[C@@H](C(c1ccccc1)c1ccccc1)CN(C(C)C)C2=O. The van der Waals surface area contributed by atoms with Crippen LogP contribution in [0.4, 0.5) is 4.79 Å². The van der Waals surface area contributed by atoms with Crippen molar-refractivity contribution in [3.63, 3.8) is 0 Å². The average molecular weight is 476 g/mol. The number of carbonyl (C=O) groups is 2. The number of ether oxygens (including phenoxy) is 2. The molecule has 8 heteroatoms. The topological polar surface area (TPSA) is 90.7 Å². The summed E-state index contributed by atoms with van der Waals surface area (Å²) in [5.41, 5.74) is 1.36. The van der Waals surface area contributed by atoms with Crippen molar-refractivity contribution in [2.45, 2.75) is 51.8 Å². The zero-order valence-corrected chi connectivity index (χ0v) is 20.3. The summed E-state index contributed by atoms with van der Waals surface area (Å²) in [6, 6.07) is 19.4. The lowest BCUT2D eigenvalue weighted by molar-refractivity contribution is 0.0550. The van der Waals surface area contributed by atoms with Gasteiger partial charge in [-0.3, -0.25) is 14.3 Å².